The van der Waals surface area contributed by atoms with Crippen LogP contribution in [0.25, 0.3) is 4.25 Å². The lowest BCUT2D eigenvalue weighted by atomic mass is 11.8. The number of nitro groups is 1. The van der Waals surface area contributed by atoms with Crippen LogP contribution in [0.4, 0.5) is 0 Å². The Morgan fingerprint density at radius 1 is 1.91 bits per heavy atom. The Morgan fingerprint density at radius 3 is 2.55 bits per heavy atom. The first-order chi connectivity index (χ1) is 5.13. The maximum atomic E-state index is 10.1. The summed E-state index contributed by atoms with van der Waals surface area (Å²) in [5.74, 6) is 0. The van der Waals surface area contributed by atoms with E-state index < -0.39 is 14.9 Å². The Hall–Kier alpha value is -1.47. The van der Waals surface area contributed by atoms with Crippen LogP contribution in [0.1, 0.15) is 0 Å². The van der Waals surface area contributed by atoms with Gasteiger partial charge in [-0.1, -0.05) is 0 Å². The second-order valence-corrected chi connectivity index (χ2v) is 3.17. The minimum atomic E-state index is -3.51. The Bertz CT molecular complexity index is 288. The molecule has 0 aliphatic heterocycles. The molecule has 1 unspecified atom stereocenters. The van der Waals surface area contributed by atoms with Crippen LogP contribution in [0.2, 0.25) is 0 Å². The summed E-state index contributed by atoms with van der Waals surface area (Å²) < 4.78 is 4.39. The van der Waals surface area contributed by atoms with Crippen molar-refractivity contribution in [1.82, 2.24) is 0 Å². The number of nitrogens with zero attached hydrogens (tertiary/aromatic N) is 4. The molecule has 0 heterocycles. The van der Waals surface area contributed by atoms with Gasteiger partial charge in [0, 0.05) is 0 Å². The van der Waals surface area contributed by atoms with Crippen molar-refractivity contribution in [2.45, 2.75) is 0 Å². The third-order valence-corrected chi connectivity index (χ3v) is 2.09. The molecule has 0 aliphatic rings. The van der Waals surface area contributed by atoms with E-state index in [0.29, 0.717) is 0 Å². The van der Waals surface area contributed by atoms with Crippen molar-refractivity contribution < 1.29 is 4.33 Å². The van der Waals surface area contributed by atoms with Gasteiger partial charge in [-0.15, -0.1) is 0 Å². The SMILES string of the molecule is [C-]#[N+]S(C#N)(N=C=S)[N+](=O)[O-]. The molecular formula is C3N4O2S2. The lowest BCUT2D eigenvalue weighted by Crippen LogP contribution is -2.00. The number of isothiocyanates is 1. The van der Waals surface area contributed by atoms with Gasteiger partial charge in [0.25, 0.3) is 5.40 Å². The molecule has 56 valence electrons. The lowest BCUT2D eigenvalue weighted by Gasteiger charge is -1.97. The van der Waals surface area contributed by atoms with Gasteiger partial charge in [-0.25, -0.2) is 16.7 Å². The fourth-order valence-electron chi connectivity index (χ4n) is 0.213. The Labute approximate surface area is 68.8 Å². The highest BCUT2D eigenvalue weighted by molar-refractivity contribution is 8.33. The van der Waals surface area contributed by atoms with Gasteiger partial charge in [0.1, 0.15) is 0 Å². The van der Waals surface area contributed by atoms with E-state index in [2.05, 4.69) is 20.9 Å². The van der Waals surface area contributed by atoms with E-state index >= 15 is 0 Å². The summed E-state index contributed by atoms with van der Waals surface area (Å²) in [6.45, 7) is 6.36. The Morgan fingerprint density at radius 2 is 2.45 bits per heavy atom. The zero-order valence-corrected chi connectivity index (χ0v) is 6.55. The molecule has 0 bridgehead atoms. The molecule has 0 N–H and O–H groups in total. The van der Waals surface area contributed by atoms with Crippen molar-refractivity contribution in [2.75, 3.05) is 0 Å². The average molecular weight is 188 g/mol. The zero-order chi connectivity index (χ0) is 8.91. The zero-order valence-electron chi connectivity index (χ0n) is 4.92. The lowest BCUT2D eigenvalue weighted by molar-refractivity contribution is -0.293. The summed E-state index contributed by atoms with van der Waals surface area (Å²) in [6.07, 6.45) is 0. The number of nitriles is 1. The summed E-state index contributed by atoms with van der Waals surface area (Å²) in [6, 6.07) is 0. The largest absolute Gasteiger partial charge is 0.514 e. The Balaban J connectivity index is 5.17. The van der Waals surface area contributed by atoms with Crippen LogP contribution in [0.3, 0.4) is 0 Å². The van der Waals surface area contributed by atoms with Crippen molar-refractivity contribution >= 4 is 28.0 Å². The number of thiocarbonyl (C=S) groups is 1. The van der Waals surface area contributed by atoms with Gasteiger partial charge in [0.05, 0.1) is 5.16 Å². The third kappa shape index (κ3) is 1.72. The molecule has 0 amide bonds. The van der Waals surface area contributed by atoms with Crippen LogP contribution in [0.5, 0.6) is 0 Å². The van der Waals surface area contributed by atoms with Gasteiger partial charge in [0.2, 0.25) is 0 Å². The fraction of sp³-hybridized carbons (Fsp3) is 0. The van der Waals surface area contributed by atoms with E-state index in [1.165, 1.54) is 5.40 Å². The molecule has 0 aromatic carbocycles. The van der Waals surface area contributed by atoms with Crippen LogP contribution < -0.4 is 0 Å². The standard InChI is InChI=1S/C3N4O2S2/c1-5-11(2-4,6-3-10)7(8)9. The van der Waals surface area contributed by atoms with Crippen molar-refractivity contribution in [3.63, 3.8) is 0 Å². The van der Waals surface area contributed by atoms with Crippen molar-refractivity contribution in [2.24, 2.45) is 4.40 Å². The summed E-state index contributed by atoms with van der Waals surface area (Å²) in [5, 5.41) is 21.2. The van der Waals surface area contributed by atoms with Gasteiger partial charge in [-0.2, -0.15) is 9.51 Å². The van der Waals surface area contributed by atoms with Crippen LogP contribution in [-0.2, 0) is 0 Å². The molecule has 0 fully saturated rings. The Kier molecular flexibility index (Phi) is 3.15. The van der Waals surface area contributed by atoms with Crippen LogP contribution in [0, 0.1) is 27.3 Å². The minimum Gasteiger partial charge on any atom is -0.245 e. The third-order valence-electron chi connectivity index (χ3n) is 0.622. The van der Waals surface area contributed by atoms with Crippen molar-refractivity contribution in [1.29, 1.82) is 5.26 Å². The van der Waals surface area contributed by atoms with Crippen LogP contribution in [0.15, 0.2) is 4.40 Å². The van der Waals surface area contributed by atoms with Gasteiger partial charge < -0.3 is 0 Å². The first kappa shape index (κ1) is 9.53. The van der Waals surface area contributed by atoms with E-state index in [9.17, 15) is 10.1 Å². The number of rotatable bonds is 2. The molecule has 0 rings (SSSR count). The van der Waals surface area contributed by atoms with E-state index in [4.69, 9.17) is 11.8 Å². The van der Waals surface area contributed by atoms with E-state index in [1.54, 1.807) is 5.16 Å². The second-order valence-electron chi connectivity index (χ2n) is 1.11. The molecule has 0 radical (unpaired) electrons. The summed E-state index contributed by atoms with van der Waals surface area (Å²) in [4.78, 5) is 10.1. The number of hydrogen-bond acceptors (Lipinski definition) is 5. The molecule has 0 aromatic heterocycles. The van der Waals surface area contributed by atoms with Crippen LogP contribution >= 0.6 is 22.8 Å². The van der Waals surface area contributed by atoms with Crippen molar-refractivity contribution in [3.05, 3.63) is 20.9 Å². The molecule has 0 aromatic rings. The number of hydrogen-bond donors (Lipinski definition) is 0. The monoisotopic (exact) mass is 188 g/mol. The first-order valence-corrected chi connectivity index (χ1v) is 3.90. The normalized spacial score (nSPS) is 15.8. The molecule has 0 saturated heterocycles. The van der Waals surface area contributed by atoms with Crippen molar-refractivity contribution in [3.8, 4) is 5.40 Å². The fourth-order valence-corrected chi connectivity index (χ4v) is 0.951. The summed E-state index contributed by atoms with van der Waals surface area (Å²) >= 11 is 4.06. The molecule has 1 atom stereocenters. The van der Waals surface area contributed by atoms with Crippen LogP contribution in [-0.4, -0.2) is 9.49 Å². The quantitative estimate of drug-likeness (QED) is 0.163. The molecular weight excluding hydrogens is 188 g/mol. The first-order valence-electron chi connectivity index (χ1n) is 1.99. The predicted molar refractivity (Wildman–Crippen MR) is 41.8 cm³/mol. The highest BCUT2D eigenvalue weighted by Gasteiger charge is 2.45. The van der Waals surface area contributed by atoms with Gasteiger partial charge >= 0.3 is 10.6 Å². The van der Waals surface area contributed by atoms with Gasteiger partial charge in [0.15, 0.2) is 4.33 Å². The maximum Gasteiger partial charge on any atom is 0.514 e. The molecule has 6 nitrogen and oxygen atoms in total. The minimum absolute atomic E-state index is 1.04. The summed E-state index contributed by atoms with van der Waals surface area (Å²) in [7, 11) is -3.51. The molecule has 0 spiro atoms. The van der Waals surface area contributed by atoms with E-state index in [0.717, 1.165) is 0 Å². The molecule has 8 heteroatoms. The summed E-state index contributed by atoms with van der Waals surface area (Å²) in [5.41, 5.74) is 0. The average Bonchev–Trinajstić information content (AvgIpc) is 2.00. The highest BCUT2D eigenvalue weighted by Crippen LogP contribution is 2.49. The smallest absolute Gasteiger partial charge is 0.245 e. The molecule has 0 saturated carbocycles. The molecule has 0 aliphatic carbocycles. The maximum absolute atomic E-state index is 10.1. The molecule has 11 heavy (non-hydrogen) atoms. The van der Waals surface area contributed by atoms with E-state index in [-0.39, 0.29) is 0 Å². The van der Waals surface area contributed by atoms with Gasteiger partial charge in [-0.05, 0) is 16.6 Å². The predicted octanol–water partition coefficient (Wildman–Crippen LogP) is 1.32. The topological polar surface area (TPSA) is 83.6 Å². The second kappa shape index (κ2) is 3.64. The van der Waals surface area contributed by atoms with Gasteiger partial charge in [-0.3, -0.25) is 0 Å². The highest BCUT2D eigenvalue weighted by atomic mass is 32.3. The number of thiocyanates is 1. The van der Waals surface area contributed by atoms with E-state index in [1.807, 2.05) is 0 Å².